The Morgan fingerprint density at radius 2 is 2.27 bits per heavy atom. The van der Waals surface area contributed by atoms with E-state index in [4.69, 9.17) is 5.73 Å². The number of hydrogen-bond acceptors (Lipinski definition) is 2. The summed E-state index contributed by atoms with van der Waals surface area (Å²) in [5.41, 5.74) is 5.30. The number of hydrogen-bond donors (Lipinski definition) is 2. The molecular weight excluding hydrogens is 140 g/mol. The molecule has 3 N–H and O–H groups in total. The van der Waals surface area contributed by atoms with E-state index in [0.717, 1.165) is 19.4 Å². The van der Waals surface area contributed by atoms with Gasteiger partial charge in [-0.25, -0.2) is 0 Å². The van der Waals surface area contributed by atoms with Gasteiger partial charge in [-0.2, -0.15) is 0 Å². The fraction of sp³-hybridized carbons (Fsp3) is 0.875. The Morgan fingerprint density at radius 1 is 1.64 bits per heavy atom. The van der Waals surface area contributed by atoms with Gasteiger partial charge in [-0.05, 0) is 33.2 Å². The molecule has 0 saturated carbocycles. The lowest BCUT2D eigenvalue weighted by atomic mass is 9.84. The van der Waals surface area contributed by atoms with Gasteiger partial charge >= 0.3 is 0 Å². The van der Waals surface area contributed by atoms with Crippen LogP contribution in [-0.2, 0) is 4.79 Å². The van der Waals surface area contributed by atoms with Crippen LogP contribution in [0.25, 0.3) is 0 Å². The van der Waals surface area contributed by atoms with E-state index in [1.807, 2.05) is 0 Å². The maximum atomic E-state index is 10.8. The molecule has 1 amide bonds. The van der Waals surface area contributed by atoms with E-state index in [2.05, 4.69) is 19.2 Å². The van der Waals surface area contributed by atoms with E-state index in [-0.39, 0.29) is 17.4 Å². The molecule has 1 atom stereocenters. The summed E-state index contributed by atoms with van der Waals surface area (Å²) >= 11 is 0. The molecule has 1 aliphatic rings. The van der Waals surface area contributed by atoms with Gasteiger partial charge in [0.15, 0.2) is 0 Å². The van der Waals surface area contributed by atoms with Crippen molar-refractivity contribution in [3.8, 4) is 0 Å². The molecule has 0 aromatic carbocycles. The number of rotatable bonds is 1. The number of carbonyl (C=O) groups is 1. The number of nitrogens with two attached hydrogens (primary N) is 1. The van der Waals surface area contributed by atoms with Crippen LogP contribution < -0.4 is 11.1 Å². The first kappa shape index (κ1) is 8.53. The third-order valence-corrected chi connectivity index (χ3v) is 2.26. The van der Waals surface area contributed by atoms with E-state index < -0.39 is 0 Å². The Kier molecular flexibility index (Phi) is 2.18. The van der Waals surface area contributed by atoms with Gasteiger partial charge in [0.2, 0.25) is 5.91 Å². The maximum Gasteiger partial charge on any atom is 0.220 e. The topological polar surface area (TPSA) is 55.1 Å². The van der Waals surface area contributed by atoms with Crippen LogP contribution in [-0.4, -0.2) is 18.0 Å². The summed E-state index contributed by atoms with van der Waals surface area (Å²) in [6, 6.07) is 0. The minimum Gasteiger partial charge on any atom is -0.369 e. The molecule has 1 unspecified atom stereocenters. The molecule has 0 radical (unpaired) electrons. The zero-order chi connectivity index (χ0) is 8.48. The molecule has 0 aromatic rings. The Balaban J connectivity index is 2.53. The fourth-order valence-corrected chi connectivity index (χ4v) is 1.62. The molecule has 1 heterocycles. The monoisotopic (exact) mass is 156 g/mol. The van der Waals surface area contributed by atoms with E-state index in [0.29, 0.717) is 0 Å². The minimum atomic E-state index is -0.153. The second-order valence-corrected chi connectivity index (χ2v) is 3.90. The van der Waals surface area contributed by atoms with Crippen molar-refractivity contribution in [2.24, 2.45) is 11.7 Å². The van der Waals surface area contributed by atoms with Gasteiger partial charge in [0, 0.05) is 11.5 Å². The van der Waals surface area contributed by atoms with Crippen LogP contribution in [0.3, 0.4) is 0 Å². The van der Waals surface area contributed by atoms with Crippen LogP contribution in [0, 0.1) is 5.92 Å². The zero-order valence-electron chi connectivity index (χ0n) is 7.18. The average molecular weight is 156 g/mol. The molecule has 1 fully saturated rings. The second-order valence-electron chi connectivity index (χ2n) is 3.90. The maximum absolute atomic E-state index is 10.8. The number of piperidine rings is 1. The Morgan fingerprint density at radius 3 is 2.64 bits per heavy atom. The van der Waals surface area contributed by atoms with Crippen LogP contribution in [0.5, 0.6) is 0 Å². The lowest BCUT2D eigenvalue weighted by Gasteiger charge is -2.35. The van der Waals surface area contributed by atoms with Gasteiger partial charge in [-0.3, -0.25) is 4.79 Å². The highest BCUT2D eigenvalue weighted by molar-refractivity contribution is 5.76. The van der Waals surface area contributed by atoms with Gasteiger partial charge in [0.25, 0.3) is 0 Å². The number of nitrogens with one attached hydrogen (secondary N) is 1. The number of primary amides is 1. The highest BCUT2D eigenvalue weighted by atomic mass is 16.1. The van der Waals surface area contributed by atoms with E-state index in [1.165, 1.54) is 0 Å². The van der Waals surface area contributed by atoms with Gasteiger partial charge in [0.05, 0.1) is 0 Å². The molecule has 64 valence electrons. The average Bonchev–Trinajstić information content (AvgIpc) is 1.85. The molecule has 3 nitrogen and oxygen atoms in total. The van der Waals surface area contributed by atoms with Crippen LogP contribution >= 0.6 is 0 Å². The van der Waals surface area contributed by atoms with Crippen LogP contribution in [0.2, 0.25) is 0 Å². The van der Waals surface area contributed by atoms with Gasteiger partial charge in [0.1, 0.15) is 0 Å². The van der Waals surface area contributed by atoms with Crippen LogP contribution in [0.4, 0.5) is 0 Å². The largest absolute Gasteiger partial charge is 0.369 e. The molecule has 11 heavy (non-hydrogen) atoms. The first-order valence-corrected chi connectivity index (χ1v) is 4.06. The molecule has 0 aromatic heterocycles. The van der Waals surface area contributed by atoms with Crippen molar-refractivity contribution in [1.29, 1.82) is 0 Å². The van der Waals surface area contributed by atoms with Crippen LogP contribution in [0.15, 0.2) is 0 Å². The smallest absolute Gasteiger partial charge is 0.220 e. The first-order valence-electron chi connectivity index (χ1n) is 4.06. The normalized spacial score (nSPS) is 29.8. The molecular formula is C8H16N2O. The third kappa shape index (κ3) is 2.19. The molecule has 1 aliphatic heterocycles. The number of amides is 1. The third-order valence-electron chi connectivity index (χ3n) is 2.26. The summed E-state index contributed by atoms with van der Waals surface area (Å²) in [7, 11) is 0. The quantitative estimate of drug-likeness (QED) is 0.571. The van der Waals surface area contributed by atoms with Crippen molar-refractivity contribution in [3.63, 3.8) is 0 Å². The van der Waals surface area contributed by atoms with E-state index in [1.54, 1.807) is 0 Å². The minimum absolute atomic E-state index is 0.0752. The fourth-order valence-electron chi connectivity index (χ4n) is 1.62. The Bertz CT molecular complexity index is 165. The second kappa shape index (κ2) is 2.81. The summed E-state index contributed by atoms with van der Waals surface area (Å²) < 4.78 is 0. The predicted molar refractivity (Wildman–Crippen MR) is 44.0 cm³/mol. The Labute approximate surface area is 67.3 Å². The molecule has 0 bridgehead atoms. The highest BCUT2D eigenvalue weighted by Crippen LogP contribution is 2.23. The lowest BCUT2D eigenvalue weighted by Crippen LogP contribution is -2.48. The van der Waals surface area contributed by atoms with E-state index in [9.17, 15) is 4.79 Å². The van der Waals surface area contributed by atoms with Crippen molar-refractivity contribution < 1.29 is 4.79 Å². The molecule has 3 heteroatoms. The summed E-state index contributed by atoms with van der Waals surface area (Å²) in [6.45, 7) is 5.10. The standard InChI is InChI=1S/C8H16N2O/c1-8(2)5-6(7(9)11)3-4-10-8/h6,10H,3-5H2,1-2H3,(H2,9,11). The SMILES string of the molecule is CC1(C)CC(C(N)=O)CCN1. The summed E-state index contributed by atoms with van der Waals surface area (Å²) in [4.78, 5) is 10.8. The lowest BCUT2D eigenvalue weighted by molar-refractivity contribution is -0.123. The van der Waals surface area contributed by atoms with Crippen molar-refractivity contribution in [1.82, 2.24) is 5.32 Å². The summed E-state index contributed by atoms with van der Waals surface area (Å²) in [5.74, 6) is -0.0779. The van der Waals surface area contributed by atoms with Gasteiger partial charge in [-0.15, -0.1) is 0 Å². The first-order chi connectivity index (χ1) is 5.01. The highest BCUT2D eigenvalue weighted by Gasteiger charge is 2.29. The summed E-state index contributed by atoms with van der Waals surface area (Å²) in [5, 5.41) is 3.34. The van der Waals surface area contributed by atoms with Crippen molar-refractivity contribution in [2.45, 2.75) is 32.2 Å². The molecule has 0 aliphatic carbocycles. The van der Waals surface area contributed by atoms with Crippen molar-refractivity contribution in [2.75, 3.05) is 6.54 Å². The summed E-state index contributed by atoms with van der Waals surface area (Å²) in [6.07, 6.45) is 1.75. The van der Waals surface area contributed by atoms with Crippen LogP contribution in [0.1, 0.15) is 26.7 Å². The molecule has 0 spiro atoms. The van der Waals surface area contributed by atoms with Crippen molar-refractivity contribution >= 4 is 5.91 Å². The zero-order valence-corrected chi connectivity index (χ0v) is 7.18. The van der Waals surface area contributed by atoms with Gasteiger partial charge in [-0.1, -0.05) is 0 Å². The molecule has 1 rings (SSSR count). The Hall–Kier alpha value is -0.570. The van der Waals surface area contributed by atoms with E-state index >= 15 is 0 Å². The van der Waals surface area contributed by atoms with Gasteiger partial charge < -0.3 is 11.1 Å². The number of carbonyl (C=O) groups excluding carboxylic acids is 1. The van der Waals surface area contributed by atoms with Crippen molar-refractivity contribution in [3.05, 3.63) is 0 Å². The predicted octanol–water partition coefficient (Wildman–Crippen LogP) is 0.250. The molecule has 1 saturated heterocycles.